The minimum absolute atomic E-state index is 0.296. The van der Waals surface area contributed by atoms with Crippen molar-refractivity contribution in [3.8, 4) is 22.5 Å². The van der Waals surface area contributed by atoms with E-state index < -0.39 is 5.95 Å². The molecule has 0 unspecified atom stereocenters. The van der Waals surface area contributed by atoms with Crippen LogP contribution in [0.4, 0.5) is 10.2 Å². The molecule has 4 aromatic heterocycles. The van der Waals surface area contributed by atoms with E-state index in [0.29, 0.717) is 22.7 Å². The van der Waals surface area contributed by atoms with Crippen molar-refractivity contribution in [3.05, 3.63) is 61.2 Å². The van der Waals surface area contributed by atoms with Crippen LogP contribution in [0.1, 0.15) is 0 Å². The third-order valence-electron chi connectivity index (χ3n) is 4.57. The van der Waals surface area contributed by atoms with Crippen LogP contribution in [0.5, 0.6) is 0 Å². The number of pyridine rings is 1. The molecule has 8 heteroatoms. The summed E-state index contributed by atoms with van der Waals surface area (Å²) < 4.78 is 17.2. The van der Waals surface area contributed by atoms with Crippen LogP contribution in [-0.4, -0.2) is 28.9 Å². The van der Waals surface area contributed by atoms with Crippen LogP contribution in [0.3, 0.4) is 0 Å². The normalized spacial score (nSPS) is 11.5. The van der Waals surface area contributed by atoms with Crippen LogP contribution in [0, 0.1) is 5.95 Å². The smallest absolute Gasteiger partial charge is 0.212 e. The molecular formula is C19H14FN7. The Morgan fingerprint density at radius 3 is 2.70 bits per heavy atom. The van der Waals surface area contributed by atoms with Crippen molar-refractivity contribution in [2.24, 2.45) is 7.05 Å². The summed E-state index contributed by atoms with van der Waals surface area (Å²) in [5.41, 5.74) is 11.5. The summed E-state index contributed by atoms with van der Waals surface area (Å²) in [5, 5.41) is 0. The van der Waals surface area contributed by atoms with Gasteiger partial charge in [-0.15, -0.1) is 0 Å². The number of anilines is 1. The monoisotopic (exact) mass is 359 g/mol. The lowest BCUT2D eigenvalue weighted by Crippen LogP contribution is -2.04. The van der Waals surface area contributed by atoms with Crippen molar-refractivity contribution in [2.75, 3.05) is 5.73 Å². The van der Waals surface area contributed by atoms with E-state index in [1.54, 1.807) is 18.6 Å². The molecule has 0 saturated carbocycles. The minimum atomic E-state index is -0.548. The predicted molar refractivity (Wildman–Crippen MR) is 100 cm³/mol. The van der Waals surface area contributed by atoms with Gasteiger partial charge in [-0.25, -0.2) is 19.9 Å². The van der Waals surface area contributed by atoms with Crippen LogP contribution in [-0.2, 0) is 7.05 Å². The number of imidazole rings is 2. The summed E-state index contributed by atoms with van der Waals surface area (Å²) in [6.45, 7) is 0. The fraction of sp³-hybridized carbons (Fsp3) is 0.0526. The molecule has 0 aliphatic heterocycles. The van der Waals surface area contributed by atoms with E-state index in [-0.39, 0.29) is 0 Å². The number of hydrogen-bond acceptors (Lipinski definition) is 5. The first kappa shape index (κ1) is 15.4. The van der Waals surface area contributed by atoms with Crippen molar-refractivity contribution in [2.45, 2.75) is 0 Å². The van der Waals surface area contributed by atoms with E-state index in [9.17, 15) is 4.39 Å². The average molecular weight is 359 g/mol. The molecule has 7 nitrogen and oxygen atoms in total. The fourth-order valence-electron chi connectivity index (χ4n) is 3.28. The van der Waals surface area contributed by atoms with Crippen LogP contribution in [0.25, 0.3) is 39.2 Å². The SMILES string of the molecule is Cn1cnc2ccc(-c3c(-c4ccc(F)nc4)nc(N)c4nccn34)cc21. The first-order chi connectivity index (χ1) is 13.1. The summed E-state index contributed by atoms with van der Waals surface area (Å²) in [6.07, 6.45) is 6.72. The maximum atomic E-state index is 13.3. The van der Waals surface area contributed by atoms with Crippen LogP contribution < -0.4 is 5.73 Å². The van der Waals surface area contributed by atoms with Gasteiger partial charge >= 0.3 is 0 Å². The van der Waals surface area contributed by atoms with E-state index >= 15 is 0 Å². The highest BCUT2D eigenvalue weighted by atomic mass is 19.1. The molecule has 0 bridgehead atoms. The van der Waals surface area contributed by atoms with Crippen molar-refractivity contribution in [1.29, 1.82) is 0 Å². The van der Waals surface area contributed by atoms with Crippen LogP contribution in [0.15, 0.2) is 55.2 Å². The van der Waals surface area contributed by atoms with Gasteiger partial charge in [0.25, 0.3) is 0 Å². The first-order valence-electron chi connectivity index (χ1n) is 8.28. The Balaban J connectivity index is 1.87. The molecule has 0 radical (unpaired) electrons. The van der Waals surface area contributed by atoms with E-state index in [4.69, 9.17) is 5.73 Å². The van der Waals surface area contributed by atoms with Crippen molar-refractivity contribution >= 4 is 22.5 Å². The highest BCUT2D eigenvalue weighted by Gasteiger charge is 2.18. The zero-order valence-corrected chi connectivity index (χ0v) is 14.3. The molecule has 0 amide bonds. The maximum absolute atomic E-state index is 13.3. The van der Waals surface area contributed by atoms with Crippen LogP contribution in [0.2, 0.25) is 0 Å². The van der Waals surface area contributed by atoms with Gasteiger partial charge in [0.15, 0.2) is 11.5 Å². The summed E-state index contributed by atoms with van der Waals surface area (Å²) in [6, 6.07) is 8.91. The molecule has 0 aliphatic carbocycles. The van der Waals surface area contributed by atoms with Gasteiger partial charge in [0, 0.05) is 36.8 Å². The molecule has 2 N–H and O–H groups in total. The summed E-state index contributed by atoms with van der Waals surface area (Å²) in [7, 11) is 1.94. The Hall–Kier alpha value is -3.81. The zero-order chi connectivity index (χ0) is 18.5. The Bertz CT molecular complexity index is 1300. The lowest BCUT2D eigenvalue weighted by Gasteiger charge is -2.13. The van der Waals surface area contributed by atoms with E-state index in [1.807, 2.05) is 40.4 Å². The first-order valence-corrected chi connectivity index (χ1v) is 8.28. The van der Waals surface area contributed by atoms with Gasteiger partial charge in [-0.05, 0) is 24.3 Å². The number of hydrogen-bond donors (Lipinski definition) is 1. The number of aromatic nitrogens is 6. The van der Waals surface area contributed by atoms with Gasteiger partial charge < -0.3 is 10.3 Å². The Morgan fingerprint density at radius 1 is 1.04 bits per heavy atom. The number of halogens is 1. The van der Waals surface area contributed by atoms with E-state index in [2.05, 4.69) is 19.9 Å². The van der Waals surface area contributed by atoms with E-state index in [1.165, 1.54) is 12.3 Å². The maximum Gasteiger partial charge on any atom is 0.212 e. The topological polar surface area (TPSA) is 86.9 Å². The van der Waals surface area contributed by atoms with Crippen molar-refractivity contribution < 1.29 is 4.39 Å². The second kappa shape index (κ2) is 5.60. The standard InChI is InChI=1S/C19H14FN7/c1-26-10-24-13-4-2-11(8-14(13)26)17-16(12-3-5-15(20)23-9-12)25-18(21)19-22-6-7-27(17)19/h2-10H,1H3,(H2,21,25). The van der Waals surface area contributed by atoms with Gasteiger partial charge in [0.05, 0.1) is 28.7 Å². The number of fused-ring (bicyclic) bond motifs is 2. The molecular weight excluding hydrogens is 345 g/mol. The summed E-state index contributed by atoms with van der Waals surface area (Å²) in [4.78, 5) is 17.0. The number of rotatable bonds is 2. The quantitative estimate of drug-likeness (QED) is 0.490. The molecule has 0 spiro atoms. The second-order valence-corrected chi connectivity index (χ2v) is 6.24. The second-order valence-electron chi connectivity index (χ2n) is 6.24. The molecule has 4 heterocycles. The van der Waals surface area contributed by atoms with Gasteiger partial charge in [-0.1, -0.05) is 6.07 Å². The largest absolute Gasteiger partial charge is 0.381 e. The number of nitrogen functional groups attached to an aromatic ring is 1. The van der Waals surface area contributed by atoms with Crippen LogP contribution >= 0.6 is 0 Å². The van der Waals surface area contributed by atoms with Gasteiger partial charge in [-0.3, -0.25) is 4.40 Å². The molecule has 0 fully saturated rings. The minimum Gasteiger partial charge on any atom is -0.381 e. The van der Waals surface area contributed by atoms with Crippen molar-refractivity contribution in [1.82, 2.24) is 28.9 Å². The molecule has 0 saturated heterocycles. The fourth-order valence-corrected chi connectivity index (χ4v) is 3.28. The number of nitrogens with two attached hydrogens (primary N) is 1. The summed E-state index contributed by atoms with van der Waals surface area (Å²) >= 11 is 0. The predicted octanol–water partition coefficient (Wildman–Crippen LogP) is 3.07. The van der Waals surface area contributed by atoms with Gasteiger partial charge in [0.2, 0.25) is 5.95 Å². The third-order valence-corrected chi connectivity index (χ3v) is 4.57. The lowest BCUT2D eigenvalue weighted by molar-refractivity contribution is 0.584. The molecule has 0 atom stereocenters. The Morgan fingerprint density at radius 2 is 1.89 bits per heavy atom. The van der Waals surface area contributed by atoms with E-state index in [0.717, 1.165) is 22.3 Å². The lowest BCUT2D eigenvalue weighted by atomic mass is 10.0. The van der Waals surface area contributed by atoms with Gasteiger partial charge in [0.1, 0.15) is 0 Å². The highest BCUT2D eigenvalue weighted by molar-refractivity contribution is 5.88. The zero-order valence-electron chi connectivity index (χ0n) is 14.3. The Labute approximate surface area is 153 Å². The molecule has 5 aromatic rings. The number of aryl methyl sites for hydroxylation is 1. The molecule has 132 valence electrons. The summed E-state index contributed by atoms with van der Waals surface area (Å²) in [5.74, 6) is -0.252. The highest BCUT2D eigenvalue weighted by Crippen LogP contribution is 2.34. The molecule has 1 aromatic carbocycles. The Kier molecular flexibility index (Phi) is 3.20. The number of benzene rings is 1. The average Bonchev–Trinajstić information content (AvgIpc) is 3.30. The number of nitrogens with zero attached hydrogens (tertiary/aromatic N) is 6. The molecule has 27 heavy (non-hydrogen) atoms. The van der Waals surface area contributed by atoms with Gasteiger partial charge in [-0.2, -0.15) is 4.39 Å². The van der Waals surface area contributed by atoms with Crippen molar-refractivity contribution in [3.63, 3.8) is 0 Å². The molecule has 5 rings (SSSR count). The molecule has 0 aliphatic rings. The third kappa shape index (κ3) is 2.34.